The second-order valence-corrected chi connectivity index (χ2v) is 10.2. The Morgan fingerprint density at radius 3 is 2.86 bits per heavy atom. The lowest BCUT2D eigenvalue weighted by Gasteiger charge is -2.17. The Kier molecular flexibility index (Phi) is 7.27. The first-order valence-electron chi connectivity index (χ1n) is 12.2. The summed E-state index contributed by atoms with van der Waals surface area (Å²) in [4.78, 5) is 12.3. The van der Waals surface area contributed by atoms with Gasteiger partial charge >= 0.3 is 5.97 Å². The molecule has 0 radical (unpaired) electrons. The summed E-state index contributed by atoms with van der Waals surface area (Å²) in [6.45, 7) is 1.83. The number of nitrogens with one attached hydrogen (secondary N) is 1. The average Bonchev–Trinajstić information content (AvgIpc) is 3.47. The van der Waals surface area contributed by atoms with Crippen LogP contribution < -0.4 is 19.5 Å². The zero-order chi connectivity index (χ0) is 24.2. The van der Waals surface area contributed by atoms with E-state index in [0.29, 0.717) is 19.0 Å². The third kappa shape index (κ3) is 5.48. The van der Waals surface area contributed by atoms with E-state index in [4.69, 9.17) is 24.1 Å². The first-order chi connectivity index (χ1) is 17.1. The summed E-state index contributed by atoms with van der Waals surface area (Å²) in [5, 5.41) is 12.7. The van der Waals surface area contributed by atoms with Gasteiger partial charge in [-0.3, -0.25) is 4.79 Å². The summed E-state index contributed by atoms with van der Waals surface area (Å²) in [6.07, 6.45) is 4.86. The summed E-state index contributed by atoms with van der Waals surface area (Å²) in [5.41, 5.74) is 3.48. The molecule has 0 spiro atoms. The number of thioether (sulfide) groups is 1. The van der Waals surface area contributed by atoms with Crippen molar-refractivity contribution in [2.45, 2.75) is 49.8 Å². The number of aryl methyl sites for hydroxylation is 1. The SMILES string of the molecule is COc1cc(C2NC3=C(CCCO3)S2)ccc1OCCCOc1ccc2c(c1)CC[C@H]2CC(=O)O. The molecule has 2 aliphatic heterocycles. The Morgan fingerprint density at radius 2 is 2.03 bits per heavy atom. The van der Waals surface area contributed by atoms with Crippen molar-refractivity contribution in [3.05, 3.63) is 63.9 Å². The van der Waals surface area contributed by atoms with Gasteiger partial charge in [-0.15, -0.1) is 0 Å². The highest BCUT2D eigenvalue weighted by Crippen LogP contribution is 2.45. The Balaban J connectivity index is 1.09. The van der Waals surface area contributed by atoms with Gasteiger partial charge < -0.3 is 29.4 Å². The molecular formula is C27H31NO6S. The van der Waals surface area contributed by atoms with Crippen LogP contribution in [0.5, 0.6) is 17.2 Å². The van der Waals surface area contributed by atoms with Gasteiger partial charge in [0.2, 0.25) is 0 Å². The van der Waals surface area contributed by atoms with Gasteiger partial charge in [-0.2, -0.15) is 0 Å². The number of carboxylic acids is 1. The summed E-state index contributed by atoms with van der Waals surface area (Å²) < 4.78 is 23.2. The van der Waals surface area contributed by atoms with E-state index in [1.807, 2.05) is 42.1 Å². The lowest BCUT2D eigenvalue weighted by atomic mass is 9.98. The van der Waals surface area contributed by atoms with Gasteiger partial charge in [-0.25, -0.2) is 0 Å². The number of carboxylic acid groups (broad SMARTS) is 1. The molecule has 2 N–H and O–H groups in total. The lowest BCUT2D eigenvalue weighted by molar-refractivity contribution is -0.137. The average molecular weight is 498 g/mol. The molecule has 2 aromatic rings. The van der Waals surface area contributed by atoms with Crippen LogP contribution in [0.15, 0.2) is 47.2 Å². The van der Waals surface area contributed by atoms with Gasteiger partial charge in [0.25, 0.3) is 0 Å². The molecule has 7 nitrogen and oxygen atoms in total. The van der Waals surface area contributed by atoms with Crippen LogP contribution in [0, 0.1) is 0 Å². The highest BCUT2D eigenvalue weighted by molar-refractivity contribution is 8.03. The number of aliphatic carboxylic acids is 1. The maximum Gasteiger partial charge on any atom is 0.303 e. The minimum Gasteiger partial charge on any atom is -0.493 e. The molecule has 0 aromatic heterocycles. The van der Waals surface area contributed by atoms with Crippen molar-refractivity contribution in [2.24, 2.45) is 0 Å². The van der Waals surface area contributed by atoms with Gasteiger partial charge in [-0.1, -0.05) is 23.9 Å². The Labute approximate surface area is 209 Å². The molecule has 186 valence electrons. The molecule has 0 bridgehead atoms. The molecule has 2 heterocycles. The summed E-state index contributed by atoms with van der Waals surface area (Å²) in [5.74, 6) is 2.55. The number of methoxy groups -OCH3 is 1. The molecule has 0 amide bonds. The summed E-state index contributed by atoms with van der Waals surface area (Å²) in [7, 11) is 1.66. The number of benzene rings is 2. The molecule has 8 heteroatoms. The van der Waals surface area contributed by atoms with Gasteiger partial charge in [0.15, 0.2) is 17.4 Å². The highest BCUT2D eigenvalue weighted by Gasteiger charge is 2.29. The molecule has 35 heavy (non-hydrogen) atoms. The van der Waals surface area contributed by atoms with E-state index in [9.17, 15) is 4.79 Å². The van der Waals surface area contributed by atoms with Crippen LogP contribution in [-0.2, 0) is 16.0 Å². The van der Waals surface area contributed by atoms with E-state index < -0.39 is 5.97 Å². The molecule has 1 aliphatic carbocycles. The normalized spacial score (nSPS) is 20.5. The van der Waals surface area contributed by atoms with E-state index in [2.05, 4.69) is 11.4 Å². The fourth-order valence-electron chi connectivity index (χ4n) is 4.87. The maximum absolute atomic E-state index is 11.0. The first-order valence-corrected chi connectivity index (χ1v) is 13.1. The molecule has 3 aliphatic rings. The van der Waals surface area contributed by atoms with Crippen molar-refractivity contribution in [1.29, 1.82) is 0 Å². The van der Waals surface area contributed by atoms with E-state index in [-0.39, 0.29) is 17.7 Å². The van der Waals surface area contributed by atoms with Crippen molar-refractivity contribution in [3.8, 4) is 17.2 Å². The predicted octanol–water partition coefficient (Wildman–Crippen LogP) is 5.36. The van der Waals surface area contributed by atoms with Crippen molar-refractivity contribution in [2.75, 3.05) is 26.9 Å². The largest absolute Gasteiger partial charge is 0.493 e. The van der Waals surface area contributed by atoms with Gasteiger partial charge in [0.05, 0.1) is 33.4 Å². The highest BCUT2D eigenvalue weighted by atomic mass is 32.2. The molecule has 2 aromatic carbocycles. The molecule has 0 saturated carbocycles. The number of allylic oxidation sites excluding steroid dienone is 1. The zero-order valence-corrected chi connectivity index (χ0v) is 20.7. The quantitative estimate of drug-likeness (QED) is 0.424. The predicted molar refractivity (Wildman–Crippen MR) is 134 cm³/mol. The minimum absolute atomic E-state index is 0.115. The maximum atomic E-state index is 11.0. The van der Waals surface area contributed by atoms with Crippen LogP contribution in [-0.4, -0.2) is 38.0 Å². The summed E-state index contributed by atoms with van der Waals surface area (Å²) in [6, 6.07) is 12.1. The number of ether oxygens (including phenoxy) is 4. The van der Waals surface area contributed by atoms with Crippen LogP contribution in [0.4, 0.5) is 0 Å². The Bertz CT molecular complexity index is 1100. The molecule has 2 atom stereocenters. The van der Waals surface area contributed by atoms with Gasteiger partial charge in [0, 0.05) is 11.3 Å². The standard InChI is InChI=1S/C27H31NO6S/c1-31-23-15-19(27-28-26-24(35-27)4-2-11-34-26)7-10-22(23)33-13-3-12-32-20-8-9-21-17(14-20)5-6-18(21)16-25(29)30/h7-10,14-15,18,27-28H,2-6,11-13,16H2,1H3,(H,29,30)/t18-,27?/m0/s1. The fourth-order valence-corrected chi connectivity index (χ4v) is 6.09. The lowest BCUT2D eigenvalue weighted by Crippen LogP contribution is -2.17. The van der Waals surface area contributed by atoms with Crippen molar-refractivity contribution in [3.63, 3.8) is 0 Å². The second-order valence-electron chi connectivity index (χ2n) is 9.00. The Morgan fingerprint density at radius 1 is 1.14 bits per heavy atom. The second kappa shape index (κ2) is 10.7. The summed E-state index contributed by atoms with van der Waals surface area (Å²) >= 11 is 1.81. The Hall–Kier alpha value is -3.00. The van der Waals surface area contributed by atoms with E-state index in [1.54, 1.807) is 7.11 Å². The van der Waals surface area contributed by atoms with Crippen LogP contribution >= 0.6 is 11.8 Å². The fraction of sp³-hybridized carbons (Fsp3) is 0.444. The molecule has 0 fully saturated rings. The third-order valence-electron chi connectivity index (χ3n) is 6.61. The van der Waals surface area contributed by atoms with Crippen LogP contribution in [0.3, 0.4) is 0 Å². The van der Waals surface area contributed by atoms with E-state index in [0.717, 1.165) is 67.2 Å². The van der Waals surface area contributed by atoms with Crippen LogP contribution in [0.1, 0.15) is 60.1 Å². The monoisotopic (exact) mass is 497 g/mol. The number of rotatable bonds is 10. The molecule has 5 rings (SSSR count). The topological polar surface area (TPSA) is 86.3 Å². The number of hydrogen-bond donors (Lipinski definition) is 2. The van der Waals surface area contributed by atoms with E-state index in [1.165, 1.54) is 10.5 Å². The van der Waals surface area contributed by atoms with Crippen molar-refractivity contribution < 1.29 is 28.8 Å². The van der Waals surface area contributed by atoms with Crippen LogP contribution in [0.2, 0.25) is 0 Å². The number of fused-ring (bicyclic) bond motifs is 1. The van der Waals surface area contributed by atoms with Crippen LogP contribution in [0.25, 0.3) is 0 Å². The van der Waals surface area contributed by atoms with Crippen molar-refractivity contribution >= 4 is 17.7 Å². The van der Waals surface area contributed by atoms with Gasteiger partial charge in [0.1, 0.15) is 11.1 Å². The zero-order valence-electron chi connectivity index (χ0n) is 19.9. The smallest absolute Gasteiger partial charge is 0.303 e. The number of carbonyl (C=O) groups is 1. The number of hydrogen-bond acceptors (Lipinski definition) is 7. The van der Waals surface area contributed by atoms with Crippen molar-refractivity contribution in [1.82, 2.24) is 5.32 Å². The van der Waals surface area contributed by atoms with E-state index >= 15 is 0 Å². The molecular weight excluding hydrogens is 466 g/mol. The van der Waals surface area contributed by atoms with Gasteiger partial charge in [-0.05, 0) is 72.6 Å². The molecule has 1 unspecified atom stereocenters. The molecule has 0 saturated heterocycles. The first kappa shape index (κ1) is 23.7. The third-order valence-corrected chi connectivity index (χ3v) is 7.91. The minimum atomic E-state index is -0.742.